The smallest absolute Gasteiger partial charge is 0.275 e. The summed E-state index contributed by atoms with van der Waals surface area (Å²) in [7, 11) is 0. The first-order valence-electron chi connectivity index (χ1n) is 14.5. The monoisotopic (exact) mass is 593 g/mol. The number of H-pyrrole nitrogens is 1. The molecule has 0 bridgehead atoms. The van der Waals surface area contributed by atoms with Gasteiger partial charge in [-0.25, -0.2) is 4.39 Å². The zero-order chi connectivity index (χ0) is 30.1. The molecular formula is C31H37ClFN7O2. The van der Waals surface area contributed by atoms with Gasteiger partial charge in [-0.1, -0.05) is 63.1 Å². The van der Waals surface area contributed by atoms with Crippen LogP contribution in [0.15, 0.2) is 47.5 Å². The highest BCUT2D eigenvalue weighted by Gasteiger charge is 2.52. The average Bonchev–Trinajstić information content (AvgIpc) is 3.58. The maximum atomic E-state index is 14.3. The minimum Gasteiger partial charge on any atom is -0.345 e. The number of carbonyl (C=O) groups is 2. The van der Waals surface area contributed by atoms with Gasteiger partial charge in [-0.15, -0.1) is 10.2 Å². The van der Waals surface area contributed by atoms with E-state index in [4.69, 9.17) is 16.6 Å². The fraction of sp³-hybridized carbons (Fsp3) is 0.484. The van der Waals surface area contributed by atoms with Gasteiger partial charge in [0.25, 0.3) is 11.8 Å². The van der Waals surface area contributed by atoms with Crippen LogP contribution in [0.4, 0.5) is 4.39 Å². The highest BCUT2D eigenvalue weighted by molar-refractivity contribution is 6.47. The number of rotatable bonds is 8. The molecule has 3 aromatic rings. The molecule has 2 amide bonds. The number of nitrogens with one attached hydrogen (secondary N) is 2. The van der Waals surface area contributed by atoms with E-state index in [-0.39, 0.29) is 34.8 Å². The molecule has 0 radical (unpaired) electrons. The Kier molecular flexibility index (Phi) is 8.46. The molecule has 9 nitrogen and oxygen atoms in total. The second kappa shape index (κ2) is 11.9. The number of halogens is 2. The number of nitrogens with zero attached hydrogens (tertiary/aromatic N) is 5. The molecule has 11 heteroatoms. The summed E-state index contributed by atoms with van der Waals surface area (Å²) in [6.07, 6.45) is 4.97. The number of hydrogen-bond donors (Lipinski definition) is 2. The molecule has 2 aromatic carbocycles. The molecule has 1 aromatic heterocycles. The fourth-order valence-electron chi connectivity index (χ4n) is 6.27. The third-order valence-corrected chi connectivity index (χ3v) is 8.91. The van der Waals surface area contributed by atoms with Crippen molar-refractivity contribution >= 4 is 29.1 Å². The number of amides is 2. The molecule has 1 fully saturated rings. The normalized spacial score (nSPS) is 21.5. The van der Waals surface area contributed by atoms with E-state index in [0.717, 1.165) is 44.1 Å². The summed E-state index contributed by atoms with van der Waals surface area (Å²) < 4.78 is 14.0. The predicted molar refractivity (Wildman–Crippen MR) is 158 cm³/mol. The number of aromatic nitrogens is 4. The van der Waals surface area contributed by atoms with Gasteiger partial charge in [0.1, 0.15) is 17.2 Å². The Labute approximate surface area is 250 Å². The summed E-state index contributed by atoms with van der Waals surface area (Å²) in [6.45, 7) is 9.05. The van der Waals surface area contributed by atoms with Crippen LogP contribution in [0.25, 0.3) is 0 Å². The van der Waals surface area contributed by atoms with Gasteiger partial charge in [0, 0.05) is 11.1 Å². The number of aliphatic imine (C=N–C) groups is 1. The van der Waals surface area contributed by atoms with E-state index in [1.807, 2.05) is 17.0 Å². The van der Waals surface area contributed by atoms with Crippen molar-refractivity contribution in [3.8, 4) is 0 Å². The highest BCUT2D eigenvalue weighted by atomic mass is 35.5. The largest absolute Gasteiger partial charge is 0.345 e. The molecular weight excluding hydrogens is 557 g/mol. The first-order valence-corrected chi connectivity index (χ1v) is 14.9. The lowest BCUT2D eigenvalue weighted by molar-refractivity contribution is -0.133. The van der Waals surface area contributed by atoms with Crippen LogP contribution >= 0.6 is 11.6 Å². The van der Waals surface area contributed by atoms with Crippen molar-refractivity contribution in [1.29, 1.82) is 0 Å². The molecule has 2 N–H and O–H groups in total. The Morgan fingerprint density at radius 2 is 1.90 bits per heavy atom. The summed E-state index contributed by atoms with van der Waals surface area (Å²) in [5.74, 6) is -0.0533. The highest BCUT2D eigenvalue weighted by Crippen LogP contribution is 2.50. The maximum absolute atomic E-state index is 14.3. The van der Waals surface area contributed by atoms with Gasteiger partial charge in [0.05, 0.1) is 17.6 Å². The van der Waals surface area contributed by atoms with Gasteiger partial charge >= 0.3 is 0 Å². The summed E-state index contributed by atoms with van der Waals surface area (Å²) >= 11 is 6.12. The molecule has 1 aliphatic carbocycles. The molecule has 2 aliphatic rings. The molecule has 0 unspecified atom stereocenters. The Morgan fingerprint density at radius 1 is 1.19 bits per heavy atom. The molecule has 5 rings (SSSR count). The van der Waals surface area contributed by atoms with Crippen molar-refractivity contribution in [2.24, 2.45) is 16.3 Å². The second-order valence-electron chi connectivity index (χ2n) is 12.3. The van der Waals surface area contributed by atoms with Crippen LogP contribution in [0.3, 0.4) is 0 Å². The van der Waals surface area contributed by atoms with Crippen molar-refractivity contribution in [3.05, 3.63) is 75.8 Å². The van der Waals surface area contributed by atoms with E-state index in [9.17, 15) is 14.0 Å². The standard InChI is InChI=1S/C31H37ClFN7O2/c1-5-6-25(19-7-9-20(10-8-19)28(41)34-18-26-36-38-39-37-26)40-29(42)27(21-11-12-24(33)23(32)17-21)35-31(40)15-13-22(14-16-31)30(2,3)4/h7-12,17,22,25H,5-6,13-16,18H2,1-4H3,(H,34,41)(H,36,37,38,39)/t22?,25-,31?/m1/s1. The van der Waals surface area contributed by atoms with E-state index in [1.54, 1.807) is 18.2 Å². The van der Waals surface area contributed by atoms with Crippen LogP contribution < -0.4 is 5.32 Å². The minimum absolute atomic E-state index is 0.0368. The Balaban J connectivity index is 1.46. The van der Waals surface area contributed by atoms with E-state index >= 15 is 0 Å². The first-order chi connectivity index (χ1) is 20.0. The first kappa shape index (κ1) is 29.8. The molecule has 222 valence electrons. The van der Waals surface area contributed by atoms with E-state index in [0.29, 0.717) is 28.6 Å². The minimum atomic E-state index is -0.699. The lowest BCUT2D eigenvalue weighted by Gasteiger charge is -2.47. The molecule has 0 saturated heterocycles. The van der Waals surface area contributed by atoms with Crippen LogP contribution in [0.2, 0.25) is 5.02 Å². The maximum Gasteiger partial charge on any atom is 0.275 e. The Bertz CT molecular complexity index is 1460. The van der Waals surface area contributed by atoms with Gasteiger partial charge in [0.15, 0.2) is 5.82 Å². The van der Waals surface area contributed by atoms with Crippen LogP contribution in [0.5, 0.6) is 0 Å². The molecule has 1 atom stereocenters. The molecule has 42 heavy (non-hydrogen) atoms. The summed E-state index contributed by atoms with van der Waals surface area (Å²) in [6, 6.07) is 11.5. The number of benzene rings is 2. The number of aromatic amines is 1. The van der Waals surface area contributed by atoms with E-state index < -0.39 is 11.5 Å². The van der Waals surface area contributed by atoms with Crippen molar-refractivity contribution in [1.82, 2.24) is 30.8 Å². The van der Waals surface area contributed by atoms with E-state index in [2.05, 4.69) is 53.6 Å². The topological polar surface area (TPSA) is 116 Å². The Morgan fingerprint density at radius 3 is 2.50 bits per heavy atom. The second-order valence-corrected chi connectivity index (χ2v) is 12.7. The van der Waals surface area contributed by atoms with Gasteiger partial charge < -0.3 is 10.2 Å². The third kappa shape index (κ3) is 5.95. The average molecular weight is 594 g/mol. The van der Waals surface area contributed by atoms with Crippen LogP contribution in [-0.4, -0.2) is 48.7 Å². The zero-order valence-electron chi connectivity index (χ0n) is 24.5. The zero-order valence-corrected chi connectivity index (χ0v) is 25.2. The van der Waals surface area contributed by atoms with Gasteiger partial charge in [0.2, 0.25) is 0 Å². The number of hydrogen-bond acceptors (Lipinski definition) is 6. The lowest BCUT2D eigenvalue weighted by atomic mass is 9.69. The fourth-order valence-corrected chi connectivity index (χ4v) is 6.45. The van der Waals surface area contributed by atoms with Gasteiger partial charge in [-0.3, -0.25) is 14.6 Å². The molecule has 1 aliphatic heterocycles. The van der Waals surface area contributed by atoms with E-state index in [1.165, 1.54) is 12.1 Å². The van der Waals surface area contributed by atoms with Crippen molar-refractivity contribution in [2.45, 2.75) is 84.5 Å². The van der Waals surface area contributed by atoms with Crippen molar-refractivity contribution in [2.75, 3.05) is 0 Å². The number of tetrazole rings is 1. The van der Waals surface area contributed by atoms with Crippen LogP contribution in [0.1, 0.15) is 99.6 Å². The molecule has 2 heterocycles. The van der Waals surface area contributed by atoms with Crippen molar-refractivity contribution < 1.29 is 14.0 Å². The van der Waals surface area contributed by atoms with Crippen LogP contribution in [-0.2, 0) is 11.3 Å². The number of carbonyl (C=O) groups excluding carboxylic acids is 2. The van der Waals surface area contributed by atoms with Crippen LogP contribution in [0, 0.1) is 17.2 Å². The Hall–Kier alpha value is -3.66. The lowest BCUT2D eigenvalue weighted by Crippen LogP contribution is -2.51. The summed E-state index contributed by atoms with van der Waals surface area (Å²) in [5, 5.41) is 16.3. The SMILES string of the molecule is CCC[C@H](c1ccc(C(=O)NCc2nn[nH]n2)cc1)N1C(=O)C(c2ccc(F)c(Cl)c2)=NC12CCC(C(C)(C)C)CC2. The molecule has 1 saturated carbocycles. The van der Waals surface area contributed by atoms with Gasteiger partial charge in [-0.05, 0) is 79.3 Å². The predicted octanol–water partition coefficient (Wildman–Crippen LogP) is 6.03. The summed E-state index contributed by atoms with van der Waals surface area (Å²) in [5.41, 5.74) is 1.74. The quantitative estimate of drug-likeness (QED) is 0.331. The van der Waals surface area contributed by atoms with Gasteiger partial charge in [-0.2, -0.15) is 5.21 Å². The molecule has 1 spiro atoms. The third-order valence-electron chi connectivity index (χ3n) is 8.62. The van der Waals surface area contributed by atoms with Crippen molar-refractivity contribution in [3.63, 3.8) is 0 Å². The summed E-state index contributed by atoms with van der Waals surface area (Å²) in [4.78, 5) is 34.1.